The second-order valence-corrected chi connectivity index (χ2v) is 10.3. The maximum absolute atomic E-state index is 12.4. The highest BCUT2D eigenvalue weighted by molar-refractivity contribution is 9.10. The SMILES string of the molecule is Cc1nc(C)c(CC(=O)OC(C)C)c(N2CC3CCC(C)(C2)C3(C)C)c1Br. The molecule has 2 fully saturated rings. The van der Waals surface area contributed by atoms with E-state index in [1.54, 1.807) is 0 Å². The van der Waals surface area contributed by atoms with Crippen LogP contribution in [-0.2, 0) is 16.0 Å². The van der Waals surface area contributed by atoms with Gasteiger partial charge in [0.1, 0.15) is 0 Å². The fourth-order valence-corrected chi connectivity index (χ4v) is 5.61. The number of anilines is 1. The van der Waals surface area contributed by atoms with Gasteiger partial charge in [0.05, 0.1) is 28.4 Å². The van der Waals surface area contributed by atoms with Gasteiger partial charge in [0.2, 0.25) is 0 Å². The first-order chi connectivity index (χ1) is 12.5. The highest BCUT2D eigenvalue weighted by Gasteiger charge is 2.55. The number of hydrogen-bond donors (Lipinski definition) is 0. The maximum atomic E-state index is 12.4. The summed E-state index contributed by atoms with van der Waals surface area (Å²) in [4.78, 5) is 19.6. The largest absolute Gasteiger partial charge is 0.463 e. The van der Waals surface area contributed by atoms with E-state index >= 15 is 0 Å². The highest BCUT2D eigenvalue weighted by atomic mass is 79.9. The molecular formula is C22H33BrN2O2. The van der Waals surface area contributed by atoms with E-state index in [1.807, 2.05) is 27.7 Å². The number of aromatic nitrogens is 1. The summed E-state index contributed by atoms with van der Waals surface area (Å²) in [5.74, 6) is 0.491. The Morgan fingerprint density at radius 1 is 1.30 bits per heavy atom. The van der Waals surface area contributed by atoms with Crippen LogP contribution in [-0.4, -0.2) is 30.1 Å². The Labute approximate surface area is 172 Å². The van der Waals surface area contributed by atoms with Gasteiger partial charge in [0.25, 0.3) is 0 Å². The number of ether oxygens (including phenoxy) is 1. The van der Waals surface area contributed by atoms with Crippen LogP contribution in [0.1, 0.15) is 64.4 Å². The molecule has 0 aromatic carbocycles. The highest BCUT2D eigenvalue weighted by Crippen LogP contribution is 2.60. The van der Waals surface area contributed by atoms with Crippen molar-refractivity contribution in [2.45, 2.75) is 73.8 Å². The first-order valence-corrected chi connectivity index (χ1v) is 10.9. The number of halogens is 1. The van der Waals surface area contributed by atoms with E-state index < -0.39 is 0 Å². The van der Waals surface area contributed by atoms with E-state index in [0.29, 0.717) is 11.3 Å². The van der Waals surface area contributed by atoms with Crippen molar-refractivity contribution in [3.8, 4) is 0 Å². The van der Waals surface area contributed by atoms with E-state index in [4.69, 9.17) is 4.74 Å². The molecule has 27 heavy (non-hydrogen) atoms. The number of aryl methyl sites for hydroxylation is 2. The van der Waals surface area contributed by atoms with Crippen LogP contribution in [0.25, 0.3) is 0 Å². The number of hydrogen-bond acceptors (Lipinski definition) is 4. The molecule has 0 N–H and O–H groups in total. The Kier molecular flexibility index (Phi) is 5.39. The molecular weight excluding hydrogens is 404 g/mol. The summed E-state index contributed by atoms with van der Waals surface area (Å²) in [5.41, 5.74) is 4.69. The van der Waals surface area contributed by atoms with Crippen LogP contribution in [0.5, 0.6) is 0 Å². The molecule has 4 nitrogen and oxygen atoms in total. The normalized spacial score (nSPS) is 26.6. The summed E-state index contributed by atoms with van der Waals surface area (Å²) in [6.45, 7) is 17.2. The molecule has 0 radical (unpaired) electrons. The smallest absolute Gasteiger partial charge is 0.310 e. The van der Waals surface area contributed by atoms with Crippen LogP contribution in [0.4, 0.5) is 5.69 Å². The number of esters is 1. The molecule has 1 aromatic heterocycles. The Morgan fingerprint density at radius 3 is 2.56 bits per heavy atom. The Balaban J connectivity index is 2.01. The van der Waals surface area contributed by atoms with Crippen LogP contribution in [0.2, 0.25) is 0 Å². The van der Waals surface area contributed by atoms with Crippen LogP contribution in [0.3, 0.4) is 0 Å². The van der Waals surface area contributed by atoms with Gasteiger partial charge in [-0.15, -0.1) is 0 Å². The zero-order valence-corrected chi connectivity index (χ0v) is 19.4. The summed E-state index contributed by atoms with van der Waals surface area (Å²) < 4.78 is 6.45. The van der Waals surface area contributed by atoms with Crippen LogP contribution in [0.15, 0.2) is 4.47 Å². The number of nitrogens with zero attached hydrogens (tertiary/aromatic N) is 2. The quantitative estimate of drug-likeness (QED) is 0.606. The van der Waals surface area contributed by atoms with Gasteiger partial charge in [-0.3, -0.25) is 9.78 Å². The van der Waals surface area contributed by atoms with Crippen molar-refractivity contribution in [2.24, 2.45) is 16.7 Å². The molecule has 2 bridgehead atoms. The van der Waals surface area contributed by atoms with Gasteiger partial charge in [0.15, 0.2) is 0 Å². The minimum atomic E-state index is -0.182. The molecule has 1 saturated heterocycles. The molecule has 5 heteroatoms. The van der Waals surface area contributed by atoms with E-state index in [1.165, 1.54) is 12.8 Å². The maximum Gasteiger partial charge on any atom is 0.310 e. The summed E-state index contributed by atoms with van der Waals surface area (Å²) in [5, 5.41) is 0. The molecule has 150 valence electrons. The number of rotatable bonds is 4. The van der Waals surface area contributed by atoms with E-state index in [9.17, 15) is 4.79 Å². The van der Waals surface area contributed by atoms with Crippen LogP contribution >= 0.6 is 15.9 Å². The lowest BCUT2D eigenvalue weighted by Crippen LogP contribution is -2.52. The fourth-order valence-electron chi connectivity index (χ4n) is 5.03. The molecule has 1 aromatic rings. The van der Waals surface area contributed by atoms with Crippen molar-refractivity contribution in [3.63, 3.8) is 0 Å². The minimum Gasteiger partial charge on any atom is -0.463 e. The number of piperidine rings is 1. The molecule has 2 heterocycles. The Bertz CT molecular complexity index is 759. The van der Waals surface area contributed by atoms with Gasteiger partial charge in [-0.25, -0.2) is 0 Å². The lowest BCUT2D eigenvalue weighted by atomic mass is 9.63. The van der Waals surface area contributed by atoms with Gasteiger partial charge in [-0.05, 0) is 73.2 Å². The lowest BCUT2D eigenvalue weighted by Gasteiger charge is -2.51. The minimum absolute atomic E-state index is 0.103. The third kappa shape index (κ3) is 3.52. The Hall–Kier alpha value is -1.10. The monoisotopic (exact) mass is 436 g/mol. The van der Waals surface area contributed by atoms with Crippen molar-refractivity contribution in [1.82, 2.24) is 4.98 Å². The lowest BCUT2D eigenvalue weighted by molar-refractivity contribution is -0.146. The van der Waals surface area contributed by atoms with Crippen molar-refractivity contribution in [3.05, 3.63) is 21.4 Å². The Morgan fingerprint density at radius 2 is 1.96 bits per heavy atom. The van der Waals surface area contributed by atoms with Gasteiger partial charge >= 0.3 is 5.97 Å². The number of pyridine rings is 1. The number of carbonyl (C=O) groups is 1. The van der Waals surface area contributed by atoms with Gasteiger partial charge in [-0.2, -0.15) is 0 Å². The summed E-state index contributed by atoms with van der Waals surface area (Å²) in [6, 6.07) is 0. The molecule has 0 spiro atoms. The zero-order chi connectivity index (χ0) is 20.1. The van der Waals surface area contributed by atoms with Crippen molar-refractivity contribution < 1.29 is 9.53 Å². The standard InChI is InChI=1S/C22H33BrN2O2/c1-13(2)27-18(26)10-17-14(3)24-15(4)19(23)20(17)25-11-16-8-9-22(7,12-25)21(16,5)6/h13,16H,8-12H2,1-7H3. The van der Waals surface area contributed by atoms with Crippen LogP contribution in [0, 0.1) is 30.6 Å². The predicted octanol–water partition coefficient (Wildman–Crippen LogP) is 5.22. The first kappa shape index (κ1) is 20.6. The molecule has 1 aliphatic carbocycles. The van der Waals surface area contributed by atoms with Crippen molar-refractivity contribution in [2.75, 3.05) is 18.0 Å². The van der Waals surface area contributed by atoms with E-state index in [-0.39, 0.29) is 23.9 Å². The van der Waals surface area contributed by atoms with Crippen molar-refractivity contribution >= 4 is 27.6 Å². The average molecular weight is 437 g/mol. The van der Waals surface area contributed by atoms with Crippen molar-refractivity contribution in [1.29, 1.82) is 0 Å². The topological polar surface area (TPSA) is 42.4 Å². The molecule has 1 aliphatic heterocycles. The van der Waals surface area contributed by atoms with E-state index in [0.717, 1.165) is 40.2 Å². The molecule has 1 saturated carbocycles. The third-order valence-corrected chi connectivity index (χ3v) is 8.14. The van der Waals surface area contributed by atoms with Gasteiger partial charge < -0.3 is 9.64 Å². The summed E-state index contributed by atoms with van der Waals surface area (Å²) >= 11 is 3.79. The fraction of sp³-hybridized carbons (Fsp3) is 0.727. The molecule has 2 unspecified atom stereocenters. The summed E-state index contributed by atoms with van der Waals surface area (Å²) in [6.07, 6.45) is 2.72. The molecule has 2 aliphatic rings. The average Bonchev–Trinajstić information content (AvgIpc) is 2.69. The second kappa shape index (κ2) is 7.06. The van der Waals surface area contributed by atoms with Crippen LogP contribution < -0.4 is 4.90 Å². The zero-order valence-electron chi connectivity index (χ0n) is 17.8. The van der Waals surface area contributed by atoms with E-state index in [2.05, 4.69) is 46.6 Å². The van der Waals surface area contributed by atoms with Gasteiger partial charge in [-0.1, -0.05) is 20.8 Å². The number of carbonyl (C=O) groups excluding carboxylic acids is 1. The summed E-state index contributed by atoms with van der Waals surface area (Å²) in [7, 11) is 0. The molecule has 2 atom stereocenters. The number of fused-ring (bicyclic) bond motifs is 2. The molecule has 0 amide bonds. The van der Waals surface area contributed by atoms with Gasteiger partial charge in [0, 0.05) is 24.3 Å². The first-order valence-electron chi connectivity index (χ1n) is 10.1. The molecule has 3 rings (SSSR count). The second-order valence-electron chi connectivity index (χ2n) is 9.54. The third-order valence-electron chi connectivity index (χ3n) is 7.19. The predicted molar refractivity (Wildman–Crippen MR) is 113 cm³/mol.